The number of nitrogens with zero attached hydrogens (tertiary/aromatic N) is 1. The molecule has 0 aliphatic carbocycles. The fraction of sp³-hybridized carbons (Fsp3) is 1.00. The maximum absolute atomic E-state index is 2.53. The van der Waals surface area contributed by atoms with Gasteiger partial charge in [0.05, 0.1) is 0 Å². The first-order chi connectivity index (χ1) is 5.65. The Balaban J connectivity index is 3.75. The van der Waals surface area contributed by atoms with Gasteiger partial charge in [0.15, 0.2) is 0 Å². The molecule has 0 aliphatic rings. The van der Waals surface area contributed by atoms with Crippen molar-refractivity contribution in [1.82, 2.24) is 4.90 Å². The van der Waals surface area contributed by atoms with Crippen molar-refractivity contribution in [3.8, 4) is 0 Å². The van der Waals surface area contributed by atoms with E-state index in [4.69, 9.17) is 0 Å². The summed E-state index contributed by atoms with van der Waals surface area (Å²) < 4.78 is 1.28. The maximum Gasteiger partial charge on any atom is 0.00695 e. The Labute approximate surface area is 91.0 Å². The third kappa shape index (κ3) is 4.65. The highest BCUT2D eigenvalue weighted by Crippen LogP contribution is 2.13. The van der Waals surface area contributed by atoms with E-state index < -0.39 is 0 Å². The molecule has 0 aromatic carbocycles. The van der Waals surface area contributed by atoms with Crippen LogP contribution in [0.5, 0.6) is 0 Å². The molecule has 0 amide bonds. The highest BCUT2D eigenvalue weighted by Gasteiger charge is 2.12. The van der Waals surface area contributed by atoms with E-state index in [1.54, 1.807) is 0 Å². The molecule has 0 aromatic heterocycles. The Morgan fingerprint density at radius 3 is 2.00 bits per heavy atom. The summed E-state index contributed by atoms with van der Waals surface area (Å²) >= 11 is 2.48. The highest BCUT2D eigenvalue weighted by atomic mass is 127. The molecule has 0 saturated heterocycles. The molecule has 2 heteroatoms. The molecule has 0 fully saturated rings. The standard InChI is InChI=1S/C10H22IN/c1-5-12(6-2)10(4)7-9(3)8-11/h9-10H,5-8H2,1-4H3. The second-order valence-electron chi connectivity index (χ2n) is 3.57. The van der Waals surface area contributed by atoms with E-state index in [1.165, 1.54) is 23.9 Å². The fourth-order valence-corrected chi connectivity index (χ4v) is 2.00. The predicted octanol–water partition coefficient (Wildman–Crippen LogP) is 3.18. The first kappa shape index (κ1) is 12.7. The normalized spacial score (nSPS) is 16.5. The van der Waals surface area contributed by atoms with Crippen molar-refractivity contribution < 1.29 is 0 Å². The first-order valence-electron chi connectivity index (χ1n) is 4.95. The summed E-state index contributed by atoms with van der Waals surface area (Å²) in [7, 11) is 0. The minimum atomic E-state index is 0.754. The summed E-state index contributed by atoms with van der Waals surface area (Å²) in [6.07, 6.45) is 1.34. The average Bonchev–Trinajstić information content (AvgIpc) is 2.06. The summed E-state index contributed by atoms with van der Waals surface area (Å²) in [4.78, 5) is 2.53. The Hall–Kier alpha value is 0.690. The van der Waals surface area contributed by atoms with Gasteiger partial charge in [-0.05, 0) is 32.4 Å². The quantitative estimate of drug-likeness (QED) is 0.534. The van der Waals surface area contributed by atoms with Crippen molar-refractivity contribution in [3.63, 3.8) is 0 Å². The van der Waals surface area contributed by atoms with E-state index in [2.05, 4.69) is 55.2 Å². The van der Waals surface area contributed by atoms with Gasteiger partial charge in [0.1, 0.15) is 0 Å². The number of hydrogen-bond donors (Lipinski definition) is 0. The van der Waals surface area contributed by atoms with Gasteiger partial charge in [0, 0.05) is 10.5 Å². The Morgan fingerprint density at radius 1 is 1.17 bits per heavy atom. The molecule has 0 spiro atoms. The average molecular weight is 283 g/mol. The van der Waals surface area contributed by atoms with Gasteiger partial charge < -0.3 is 4.90 Å². The molecule has 74 valence electrons. The minimum Gasteiger partial charge on any atom is -0.301 e. The minimum absolute atomic E-state index is 0.754. The van der Waals surface area contributed by atoms with Crippen LogP contribution in [0, 0.1) is 5.92 Å². The monoisotopic (exact) mass is 283 g/mol. The van der Waals surface area contributed by atoms with Crippen LogP contribution in [-0.2, 0) is 0 Å². The lowest BCUT2D eigenvalue weighted by Crippen LogP contribution is -2.34. The molecule has 1 nitrogen and oxygen atoms in total. The molecule has 2 unspecified atom stereocenters. The van der Waals surface area contributed by atoms with Crippen molar-refractivity contribution >= 4 is 22.6 Å². The van der Waals surface area contributed by atoms with Gasteiger partial charge in [0.2, 0.25) is 0 Å². The second kappa shape index (κ2) is 7.13. The van der Waals surface area contributed by atoms with Crippen LogP contribution in [0.4, 0.5) is 0 Å². The summed E-state index contributed by atoms with van der Waals surface area (Å²) in [5.74, 6) is 0.862. The fourth-order valence-electron chi connectivity index (χ4n) is 1.64. The molecule has 0 aromatic rings. The summed E-state index contributed by atoms with van der Waals surface area (Å²) in [6, 6.07) is 0.754. The molecule has 0 N–H and O–H groups in total. The van der Waals surface area contributed by atoms with Crippen LogP contribution in [0.2, 0.25) is 0 Å². The van der Waals surface area contributed by atoms with Crippen molar-refractivity contribution in [2.75, 3.05) is 17.5 Å². The molecule has 2 atom stereocenters. The Bertz CT molecular complexity index is 102. The largest absolute Gasteiger partial charge is 0.301 e. The number of halogens is 1. The SMILES string of the molecule is CCN(CC)C(C)CC(C)CI. The summed E-state index contributed by atoms with van der Waals surface area (Å²) in [5.41, 5.74) is 0. The molecule has 0 rings (SSSR count). The molecule has 0 radical (unpaired) electrons. The van der Waals surface area contributed by atoms with Gasteiger partial charge in [0.25, 0.3) is 0 Å². The van der Waals surface area contributed by atoms with E-state index in [9.17, 15) is 0 Å². The summed E-state index contributed by atoms with van der Waals surface area (Å²) in [5, 5.41) is 0. The molecule has 0 heterocycles. The van der Waals surface area contributed by atoms with Gasteiger partial charge in [-0.2, -0.15) is 0 Å². The molecule has 0 saturated carbocycles. The first-order valence-corrected chi connectivity index (χ1v) is 6.48. The highest BCUT2D eigenvalue weighted by molar-refractivity contribution is 14.1. The van der Waals surface area contributed by atoms with Crippen LogP contribution in [-0.4, -0.2) is 28.5 Å². The van der Waals surface area contributed by atoms with Crippen LogP contribution in [0.1, 0.15) is 34.1 Å². The van der Waals surface area contributed by atoms with Crippen LogP contribution in [0.15, 0.2) is 0 Å². The molecular weight excluding hydrogens is 261 g/mol. The zero-order valence-electron chi connectivity index (χ0n) is 8.81. The van der Waals surface area contributed by atoms with Gasteiger partial charge in [-0.1, -0.05) is 43.4 Å². The predicted molar refractivity (Wildman–Crippen MR) is 65.1 cm³/mol. The lowest BCUT2D eigenvalue weighted by molar-refractivity contribution is 0.207. The lowest BCUT2D eigenvalue weighted by Gasteiger charge is -2.28. The van der Waals surface area contributed by atoms with E-state index in [-0.39, 0.29) is 0 Å². The molecule has 12 heavy (non-hydrogen) atoms. The third-order valence-electron chi connectivity index (χ3n) is 2.44. The van der Waals surface area contributed by atoms with Gasteiger partial charge >= 0.3 is 0 Å². The van der Waals surface area contributed by atoms with Crippen LogP contribution in [0.25, 0.3) is 0 Å². The van der Waals surface area contributed by atoms with Gasteiger partial charge in [-0.3, -0.25) is 0 Å². The smallest absolute Gasteiger partial charge is 0.00695 e. The van der Waals surface area contributed by atoms with Crippen molar-refractivity contribution in [2.24, 2.45) is 5.92 Å². The van der Waals surface area contributed by atoms with E-state index in [1.807, 2.05) is 0 Å². The third-order valence-corrected chi connectivity index (χ3v) is 3.95. The van der Waals surface area contributed by atoms with Crippen LogP contribution in [0.3, 0.4) is 0 Å². The number of hydrogen-bond acceptors (Lipinski definition) is 1. The topological polar surface area (TPSA) is 3.24 Å². The van der Waals surface area contributed by atoms with E-state index >= 15 is 0 Å². The molecule has 0 bridgehead atoms. The number of alkyl halides is 1. The Morgan fingerprint density at radius 2 is 1.67 bits per heavy atom. The van der Waals surface area contributed by atoms with Crippen molar-refractivity contribution in [1.29, 1.82) is 0 Å². The zero-order chi connectivity index (χ0) is 9.56. The van der Waals surface area contributed by atoms with Crippen molar-refractivity contribution in [2.45, 2.75) is 40.2 Å². The van der Waals surface area contributed by atoms with E-state index in [0.717, 1.165) is 12.0 Å². The zero-order valence-corrected chi connectivity index (χ0v) is 11.0. The molecular formula is C10H22IN. The lowest BCUT2D eigenvalue weighted by atomic mass is 10.0. The van der Waals surface area contributed by atoms with Crippen LogP contribution < -0.4 is 0 Å². The second-order valence-corrected chi connectivity index (χ2v) is 4.45. The van der Waals surface area contributed by atoms with Crippen LogP contribution >= 0.6 is 22.6 Å². The molecule has 0 aliphatic heterocycles. The van der Waals surface area contributed by atoms with Crippen molar-refractivity contribution in [3.05, 3.63) is 0 Å². The van der Waals surface area contributed by atoms with Gasteiger partial charge in [-0.15, -0.1) is 0 Å². The Kier molecular flexibility index (Phi) is 7.54. The van der Waals surface area contributed by atoms with Gasteiger partial charge in [-0.25, -0.2) is 0 Å². The summed E-state index contributed by atoms with van der Waals surface area (Å²) in [6.45, 7) is 11.5. The number of rotatable bonds is 6. The maximum atomic E-state index is 2.53. The van der Waals surface area contributed by atoms with E-state index in [0.29, 0.717) is 0 Å².